The molecule has 0 saturated heterocycles. The van der Waals surface area contributed by atoms with Crippen molar-refractivity contribution in [3.63, 3.8) is 0 Å². The zero-order chi connectivity index (χ0) is 9.84. The van der Waals surface area contributed by atoms with Crippen LogP contribution in [0.1, 0.15) is 10.4 Å². The standard InChI is InChI=1S/C9H10O4.Na/c1-12-6-4-3-5-7(13-2)8(6)9(10)11;/h3-5H,1-2H3,(H,10,11);/q;+1/p-1. The van der Waals surface area contributed by atoms with Crippen LogP contribution in [0.3, 0.4) is 0 Å². The second kappa shape index (κ2) is 5.90. The molecule has 70 valence electrons. The molecular weight excluding hydrogens is 195 g/mol. The minimum Gasteiger partial charge on any atom is -0.545 e. The van der Waals surface area contributed by atoms with Crippen LogP contribution in [-0.2, 0) is 0 Å². The van der Waals surface area contributed by atoms with E-state index in [0.717, 1.165) is 0 Å². The van der Waals surface area contributed by atoms with Crippen LogP contribution in [0.5, 0.6) is 11.5 Å². The molecule has 0 aromatic heterocycles. The van der Waals surface area contributed by atoms with Crippen molar-refractivity contribution in [2.24, 2.45) is 0 Å². The molecule has 0 radical (unpaired) electrons. The third-order valence-electron chi connectivity index (χ3n) is 1.63. The number of benzene rings is 1. The van der Waals surface area contributed by atoms with Crippen molar-refractivity contribution in [1.82, 2.24) is 0 Å². The molecule has 0 saturated carbocycles. The van der Waals surface area contributed by atoms with Gasteiger partial charge in [-0.2, -0.15) is 0 Å². The molecule has 1 aromatic carbocycles. The zero-order valence-electron chi connectivity index (χ0n) is 8.37. The Morgan fingerprint density at radius 3 is 1.93 bits per heavy atom. The number of methoxy groups -OCH3 is 2. The van der Waals surface area contributed by atoms with E-state index in [9.17, 15) is 9.90 Å². The number of aromatic carboxylic acids is 1. The van der Waals surface area contributed by atoms with Gasteiger partial charge in [0.25, 0.3) is 0 Å². The van der Waals surface area contributed by atoms with Gasteiger partial charge in [0, 0.05) is 0 Å². The summed E-state index contributed by atoms with van der Waals surface area (Å²) in [5.41, 5.74) is -0.0625. The summed E-state index contributed by atoms with van der Waals surface area (Å²) in [4.78, 5) is 10.7. The van der Waals surface area contributed by atoms with Crippen molar-refractivity contribution in [2.45, 2.75) is 0 Å². The number of rotatable bonds is 3. The summed E-state index contributed by atoms with van der Waals surface area (Å²) in [5, 5.41) is 10.7. The fraction of sp³-hybridized carbons (Fsp3) is 0.222. The van der Waals surface area contributed by atoms with Gasteiger partial charge in [-0.25, -0.2) is 0 Å². The van der Waals surface area contributed by atoms with E-state index in [-0.39, 0.29) is 46.6 Å². The quantitative estimate of drug-likeness (QED) is 0.495. The molecule has 0 spiro atoms. The Balaban J connectivity index is 0.00000169. The van der Waals surface area contributed by atoms with Gasteiger partial charge >= 0.3 is 29.6 Å². The molecule has 0 fully saturated rings. The summed E-state index contributed by atoms with van der Waals surface area (Å²) in [6.07, 6.45) is 0. The molecule has 1 rings (SSSR count). The number of ether oxygens (including phenoxy) is 2. The van der Waals surface area contributed by atoms with E-state index in [1.807, 2.05) is 0 Å². The van der Waals surface area contributed by atoms with Crippen LogP contribution >= 0.6 is 0 Å². The van der Waals surface area contributed by atoms with E-state index in [1.54, 1.807) is 6.07 Å². The minimum absolute atomic E-state index is 0. The van der Waals surface area contributed by atoms with E-state index >= 15 is 0 Å². The maximum absolute atomic E-state index is 10.7. The molecule has 14 heavy (non-hydrogen) atoms. The van der Waals surface area contributed by atoms with Gasteiger partial charge in [-0.1, -0.05) is 6.07 Å². The largest absolute Gasteiger partial charge is 1.00 e. The van der Waals surface area contributed by atoms with Crippen LogP contribution in [0, 0.1) is 0 Å². The topological polar surface area (TPSA) is 58.6 Å². The first-order chi connectivity index (χ1) is 6.20. The Morgan fingerprint density at radius 1 is 1.21 bits per heavy atom. The number of carbonyl (C=O) groups is 1. The molecule has 0 atom stereocenters. The molecule has 0 bridgehead atoms. The van der Waals surface area contributed by atoms with Gasteiger partial charge in [0.05, 0.1) is 25.8 Å². The second-order valence-electron chi connectivity index (χ2n) is 2.32. The van der Waals surface area contributed by atoms with Crippen molar-refractivity contribution in [3.8, 4) is 11.5 Å². The van der Waals surface area contributed by atoms with Gasteiger partial charge in [-0.05, 0) is 12.1 Å². The number of carbonyl (C=O) groups excluding carboxylic acids is 1. The second-order valence-corrected chi connectivity index (χ2v) is 2.32. The third-order valence-corrected chi connectivity index (χ3v) is 1.63. The average molecular weight is 204 g/mol. The summed E-state index contributed by atoms with van der Waals surface area (Å²) in [6, 6.07) is 4.71. The monoisotopic (exact) mass is 204 g/mol. The molecular formula is C9H9NaO4. The van der Waals surface area contributed by atoms with Crippen molar-refractivity contribution < 1.29 is 48.9 Å². The molecule has 0 aliphatic carbocycles. The van der Waals surface area contributed by atoms with Crippen molar-refractivity contribution in [1.29, 1.82) is 0 Å². The maximum atomic E-state index is 10.7. The molecule has 0 N–H and O–H groups in total. The Kier molecular flexibility index (Phi) is 5.60. The number of hydrogen-bond donors (Lipinski definition) is 0. The van der Waals surface area contributed by atoms with E-state index < -0.39 is 5.97 Å². The minimum atomic E-state index is -1.31. The number of carboxylic acid groups (broad SMARTS) is 1. The van der Waals surface area contributed by atoms with Gasteiger partial charge in [-0.3, -0.25) is 0 Å². The number of carboxylic acids is 1. The molecule has 1 aromatic rings. The fourth-order valence-electron chi connectivity index (χ4n) is 1.05. The fourth-order valence-corrected chi connectivity index (χ4v) is 1.05. The predicted molar refractivity (Wildman–Crippen MR) is 43.9 cm³/mol. The van der Waals surface area contributed by atoms with Gasteiger partial charge < -0.3 is 19.4 Å². The number of hydrogen-bond acceptors (Lipinski definition) is 4. The van der Waals surface area contributed by atoms with E-state index in [1.165, 1.54) is 26.4 Å². The average Bonchev–Trinajstić information content (AvgIpc) is 2.16. The van der Waals surface area contributed by atoms with Gasteiger partial charge in [0.1, 0.15) is 11.5 Å². The Morgan fingerprint density at radius 2 is 1.64 bits per heavy atom. The molecule has 4 nitrogen and oxygen atoms in total. The van der Waals surface area contributed by atoms with E-state index in [2.05, 4.69) is 0 Å². The maximum Gasteiger partial charge on any atom is 1.00 e. The summed E-state index contributed by atoms with van der Waals surface area (Å²) < 4.78 is 9.70. The molecule has 0 amide bonds. The SMILES string of the molecule is COc1cccc(OC)c1C(=O)[O-].[Na+]. The molecule has 5 heteroatoms. The first-order valence-corrected chi connectivity index (χ1v) is 3.63. The molecule has 0 aliphatic heterocycles. The summed E-state index contributed by atoms with van der Waals surface area (Å²) in [7, 11) is 2.78. The predicted octanol–water partition coefficient (Wildman–Crippen LogP) is -2.93. The molecule has 0 heterocycles. The zero-order valence-corrected chi connectivity index (χ0v) is 10.4. The summed E-state index contributed by atoms with van der Waals surface area (Å²) >= 11 is 0. The Hall–Kier alpha value is -0.710. The summed E-state index contributed by atoms with van der Waals surface area (Å²) in [5.74, 6) is -0.840. The van der Waals surface area contributed by atoms with Crippen LogP contribution in [0.4, 0.5) is 0 Å². The van der Waals surface area contributed by atoms with Crippen LogP contribution in [0.15, 0.2) is 18.2 Å². The van der Waals surface area contributed by atoms with Crippen molar-refractivity contribution >= 4 is 5.97 Å². The van der Waals surface area contributed by atoms with Crippen LogP contribution in [0.25, 0.3) is 0 Å². The van der Waals surface area contributed by atoms with Crippen LogP contribution in [0.2, 0.25) is 0 Å². The molecule has 0 unspecified atom stereocenters. The van der Waals surface area contributed by atoms with Gasteiger partial charge in [-0.15, -0.1) is 0 Å². The first-order valence-electron chi connectivity index (χ1n) is 3.63. The smallest absolute Gasteiger partial charge is 0.545 e. The Bertz CT molecular complexity index is 302. The van der Waals surface area contributed by atoms with Crippen molar-refractivity contribution in [2.75, 3.05) is 14.2 Å². The van der Waals surface area contributed by atoms with Gasteiger partial charge in [0.2, 0.25) is 0 Å². The first kappa shape index (κ1) is 13.3. The van der Waals surface area contributed by atoms with Crippen molar-refractivity contribution in [3.05, 3.63) is 23.8 Å². The molecule has 0 aliphatic rings. The third kappa shape index (κ3) is 2.64. The normalized spacial score (nSPS) is 8.71. The van der Waals surface area contributed by atoms with Crippen LogP contribution < -0.4 is 44.1 Å². The van der Waals surface area contributed by atoms with E-state index in [0.29, 0.717) is 0 Å². The van der Waals surface area contributed by atoms with Gasteiger partial charge in [0.15, 0.2) is 0 Å². The van der Waals surface area contributed by atoms with Crippen LogP contribution in [-0.4, -0.2) is 20.2 Å². The van der Waals surface area contributed by atoms with E-state index in [4.69, 9.17) is 9.47 Å². The summed E-state index contributed by atoms with van der Waals surface area (Å²) in [6.45, 7) is 0. The Labute approximate surface area is 104 Å².